The van der Waals surface area contributed by atoms with E-state index in [0.29, 0.717) is 23.8 Å². The summed E-state index contributed by atoms with van der Waals surface area (Å²) in [7, 11) is 1.60. The van der Waals surface area contributed by atoms with Crippen molar-refractivity contribution in [2.24, 2.45) is 5.10 Å². The van der Waals surface area contributed by atoms with Crippen molar-refractivity contribution >= 4 is 11.9 Å². The van der Waals surface area contributed by atoms with Crippen LogP contribution in [0.1, 0.15) is 11.1 Å². The smallest absolute Gasteiger partial charge is 0.170 e. The molecule has 0 unspecified atom stereocenters. The summed E-state index contributed by atoms with van der Waals surface area (Å²) in [5.74, 6) is 0.957. The first-order chi connectivity index (χ1) is 12.8. The molecule has 4 nitrogen and oxygen atoms in total. The topological polar surface area (TPSA) is 42.8 Å². The Kier molecular flexibility index (Phi) is 5.83. The van der Waals surface area contributed by atoms with Crippen molar-refractivity contribution in [2.75, 3.05) is 12.5 Å². The van der Waals surface area contributed by atoms with Crippen LogP contribution in [0.25, 0.3) is 0 Å². The van der Waals surface area contributed by atoms with Crippen LogP contribution in [0.4, 0.5) is 10.1 Å². The Morgan fingerprint density at radius 2 is 1.73 bits per heavy atom. The summed E-state index contributed by atoms with van der Waals surface area (Å²) in [6, 6.07) is 21.5. The number of hydrogen-bond acceptors (Lipinski definition) is 4. The number of nitrogens with zero attached hydrogens (tertiary/aromatic N) is 1. The third kappa shape index (κ3) is 4.60. The summed E-state index contributed by atoms with van der Waals surface area (Å²) in [6.45, 7) is 0.424. The van der Waals surface area contributed by atoms with Gasteiger partial charge in [-0.1, -0.05) is 36.4 Å². The Morgan fingerprint density at radius 1 is 0.962 bits per heavy atom. The molecule has 0 fully saturated rings. The predicted octanol–water partition coefficient (Wildman–Crippen LogP) is 4.86. The molecule has 0 atom stereocenters. The van der Waals surface area contributed by atoms with E-state index in [1.165, 1.54) is 12.1 Å². The van der Waals surface area contributed by atoms with E-state index in [4.69, 9.17) is 9.47 Å². The number of benzene rings is 3. The third-order valence-electron chi connectivity index (χ3n) is 3.70. The second-order valence-corrected chi connectivity index (χ2v) is 5.53. The van der Waals surface area contributed by atoms with Gasteiger partial charge in [0.1, 0.15) is 12.4 Å². The van der Waals surface area contributed by atoms with E-state index in [0.717, 1.165) is 11.1 Å². The van der Waals surface area contributed by atoms with Gasteiger partial charge in [0.15, 0.2) is 11.5 Å². The van der Waals surface area contributed by atoms with Crippen molar-refractivity contribution in [3.63, 3.8) is 0 Å². The molecule has 0 amide bonds. The number of anilines is 1. The highest BCUT2D eigenvalue weighted by Crippen LogP contribution is 2.30. The molecule has 0 aromatic heterocycles. The monoisotopic (exact) mass is 350 g/mol. The van der Waals surface area contributed by atoms with Gasteiger partial charge in [0.05, 0.1) is 19.0 Å². The van der Waals surface area contributed by atoms with E-state index >= 15 is 0 Å². The van der Waals surface area contributed by atoms with Gasteiger partial charge >= 0.3 is 0 Å². The number of hydrazone groups is 1. The van der Waals surface area contributed by atoms with Crippen LogP contribution in [0.3, 0.4) is 0 Å². The number of methoxy groups -OCH3 is 1. The van der Waals surface area contributed by atoms with Crippen LogP contribution in [0, 0.1) is 5.82 Å². The standard InChI is InChI=1S/C21H19FN2O2/c1-25-20-9-5-8-17(14-23-24-19-12-10-18(22)11-13-19)21(20)26-15-16-6-3-2-4-7-16/h2-14,24H,15H2,1H3/b23-14+. The zero-order chi connectivity index (χ0) is 18.2. The molecule has 0 saturated carbocycles. The molecule has 3 aromatic carbocycles. The third-order valence-corrected chi connectivity index (χ3v) is 3.70. The summed E-state index contributed by atoms with van der Waals surface area (Å²) in [5.41, 5.74) is 5.39. The Hall–Kier alpha value is -3.34. The lowest BCUT2D eigenvalue weighted by Gasteiger charge is -2.13. The van der Waals surface area contributed by atoms with E-state index in [9.17, 15) is 4.39 Å². The minimum atomic E-state index is -0.288. The van der Waals surface area contributed by atoms with Crippen LogP contribution < -0.4 is 14.9 Å². The molecule has 0 aliphatic heterocycles. The first-order valence-electron chi connectivity index (χ1n) is 8.14. The van der Waals surface area contributed by atoms with E-state index in [-0.39, 0.29) is 5.82 Å². The van der Waals surface area contributed by atoms with E-state index in [1.807, 2.05) is 48.5 Å². The van der Waals surface area contributed by atoms with E-state index in [1.54, 1.807) is 25.5 Å². The van der Waals surface area contributed by atoms with Crippen molar-refractivity contribution in [3.8, 4) is 11.5 Å². The maximum absolute atomic E-state index is 12.9. The predicted molar refractivity (Wildman–Crippen MR) is 101 cm³/mol. The Morgan fingerprint density at radius 3 is 2.46 bits per heavy atom. The van der Waals surface area contributed by atoms with Crippen molar-refractivity contribution in [2.45, 2.75) is 6.61 Å². The van der Waals surface area contributed by atoms with Gasteiger partial charge in [-0.05, 0) is 42.0 Å². The lowest BCUT2D eigenvalue weighted by molar-refractivity contribution is 0.284. The zero-order valence-electron chi connectivity index (χ0n) is 14.4. The van der Waals surface area contributed by atoms with Crippen LogP contribution in [0.15, 0.2) is 77.9 Å². The summed E-state index contributed by atoms with van der Waals surface area (Å²) >= 11 is 0. The number of nitrogens with one attached hydrogen (secondary N) is 1. The number of para-hydroxylation sites is 1. The molecule has 0 aliphatic rings. The Labute approximate surface area is 151 Å². The van der Waals surface area contributed by atoms with E-state index in [2.05, 4.69) is 10.5 Å². The second-order valence-electron chi connectivity index (χ2n) is 5.53. The highest BCUT2D eigenvalue weighted by atomic mass is 19.1. The largest absolute Gasteiger partial charge is 0.493 e. The van der Waals surface area contributed by atoms with Gasteiger partial charge in [-0.25, -0.2) is 4.39 Å². The van der Waals surface area contributed by atoms with Crippen LogP contribution in [0.2, 0.25) is 0 Å². The quantitative estimate of drug-likeness (QED) is 0.489. The van der Waals surface area contributed by atoms with Crippen LogP contribution in [0.5, 0.6) is 11.5 Å². The fourth-order valence-corrected chi connectivity index (χ4v) is 2.38. The molecule has 5 heteroatoms. The number of hydrogen-bond donors (Lipinski definition) is 1. The van der Waals surface area contributed by atoms with Gasteiger partial charge in [0.25, 0.3) is 0 Å². The summed E-state index contributed by atoms with van der Waals surface area (Å²) < 4.78 is 24.3. The molecule has 0 bridgehead atoms. The van der Waals surface area contributed by atoms with Gasteiger partial charge in [-0.3, -0.25) is 5.43 Å². The summed E-state index contributed by atoms with van der Waals surface area (Å²) in [4.78, 5) is 0. The molecule has 26 heavy (non-hydrogen) atoms. The van der Waals surface area contributed by atoms with Gasteiger partial charge in [-0.2, -0.15) is 5.10 Å². The second kappa shape index (κ2) is 8.67. The van der Waals surface area contributed by atoms with Crippen molar-refractivity contribution < 1.29 is 13.9 Å². The first-order valence-corrected chi connectivity index (χ1v) is 8.14. The molecule has 0 spiro atoms. The van der Waals surface area contributed by atoms with Crippen molar-refractivity contribution in [1.29, 1.82) is 0 Å². The molecular weight excluding hydrogens is 331 g/mol. The SMILES string of the molecule is COc1cccc(/C=N/Nc2ccc(F)cc2)c1OCc1ccccc1. The van der Waals surface area contributed by atoms with Crippen molar-refractivity contribution in [3.05, 3.63) is 89.7 Å². The highest BCUT2D eigenvalue weighted by Gasteiger charge is 2.09. The fourth-order valence-electron chi connectivity index (χ4n) is 2.38. The molecule has 0 aliphatic carbocycles. The number of ether oxygens (including phenoxy) is 2. The van der Waals surface area contributed by atoms with Gasteiger partial charge in [0.2, 0.25) is 0 Å². The minimum absolute atomic E-state index is 0.288. The molecule has 0 saturated heterocycles. The minimum Gasteiger partial charge on any atom is -0.493 e. The van der Waals surface area contributed by atoms with Crippen LogP contribution >= 0.6 is 0 Å². The van der Waals surface area contributed by atoms with Gasteiger partial charge < -0.3 is 9.47 Å². The highest BCUT2D eigenvalue weighted by molar-refractivity contribution is 5.85. The van der Waals surface area contributed by atoms with Crippen molar-refractivity contribution in [1.82, 2.24) is 0 Å². The molecule has 0 radical (unpaired) electrons. The zero-order valence-corrected chi connectivity index (χ0v) is 14.4. The molecule has 3 rings (SSSR count). The average Bonchev–Trinajstić information content (AvgIpc) is 2.69. The maximum Gasteiger partial charge on any atom is 0.170 e. The van der Waals surface area contributed by atoms with Crippen LogP contribution in [-0.4, -0.2) is 13.3 Å². The van der Waals surface area contributed by atoms with Gasteiger partial charge in [-0.15, -0.1) is 0 Å². The fraction of sp³-hybridized carbons (Fsp3) is 0.0952. The molecular formula is C21H19FN2O2. The first kappa shape index (κ1) is 17.5. The Bertz CT molecular complexity index is 865. The molecule has 132 valence electrons. The molecule has 1 N–H and O–H groups in total. The lowest BCUT2D eigenvalue weighted by Crippen LogP contribution is -2.01. The number of rotatable bonds is 7. The molecule has 0 heterocycles. The maximum atomic E-state index is 12.9. The van der Waals surface area contributed by atoms with Crippen LogP contribution in [-0.2, 0) is 6.61 Å². The normalized spacial score (nSPS) is 10.7. The van der Waals surface area contributed by atoms with E-state index < -0.39 is 0 Å². The molecule has 3 aromatic rings. The summed E-state index contributed by atoms with van der Waals surface area (Å²) in [6.07, 6.45) is 1.65. The number of halogens is 1. The summed E-state index contributed by atoms with van der Waals surface area (Å²) in [5, 5.41) is 4.20. The Balaban J connectivity index is 1.75. The average molecular weight is 350 g/mol. The lowest BCUT2D eigenvalue weighted by atomic mass is 10.2. The van der Waals surface area contributed by atoms with Gasteiger partial charge in [0, 0.05) is 5.56 Å².